The summed E-state index contributed by atoms with van der Waals surface area (Å²) in [7, 11) is 0. The molecule has 0 amide bonds. The minimum Gasteiger partial charge on any atom is -0.397 e. The molecule has 6 heteroatoms. The van der Waals surface area contributed by atoms with Gasteiger partial charge in [0.05, 0.1) is 11.4 Å². The van der Waals surface area contributed by atoms with Crippen LogP contribution < -0.4 is 11.1 Å². The van der Waals surface area contributed by atoms with Crippen LogP contribution in [0.5, 0.6) is 0 Å². The van der Waals surface area contributed by atoms with Crippen LogP contribution in [0.15, 0.2) is 30.3 Å². The van der Waals surface area contributed by atoms with Gasteiger partial charge in [-0.25, -0.2) is 8.78 Å². The summed E-state index contributed by atoms with van der Waals surface area (Å²) in [6.45, 7) is 0. The maximum absolute atomic E-state index is 13.6. The predicted octanol–water partition coefficient (Wildman–Crippen LogP) is 4.55. The molecule has 2 aromatic carbocycles. The number of nitrogens with one attached hydrogen (secondary N) is 1. The van der Waals surface area contributed by atoms with Crippen LogP contribution in [-0.2, 0) is 0 Å². The Balaban J connectivity index is 2.43. The van der Waals surface area contributed by atoms with Crippen LogP contribution in [0.4, 0.5) is 25.8 Å². The number of anilines is 3. The van der Waals surface area contributed by atoms with Gasteiger partial charge in [-0.2, -0.15) is 0 Å². The van der Waals surface area contributed by atoms with E-state index in [1.165, 1.54) is 6.07 Å². The molecule has 2 rings (SSSR count). The molecule has 0 radical (unpaired) electrons. The number of nitrogen functional groups attached to an aromatic ring is 1. The van der Waals surface area contributed by atoms with E-state index in [1.807, 2.05) is 22.6 Å². The Morgan fingerprint density at radius 1 is 1.17 bits per heavy atom. The van der Waals surface area contributed by atoms with Crippen LogP contribution in [0, 0.1) is 15.2 Å². The van der Waals surface area contributed by atoms with Crippen LogP contribution in [0.1, 0.15) is 0 Å². The van der Waals surface area contributed by atoms with Crippen LogP contribution in [0.3, 0.4) is 0 Å². The molecule has 0 saturated carbocycles. The fraction of sp³-hybridized carbons (Fsp3) is 0. The summed E-state index contributed by atoms with van der Waals surface area (Å²) in [6, 6.07) is 7.33. The fourth-order valence-electron chi connectivity index (χ4n) is 1.42. The lowest BCUT2D eigenvalue weighted by Crippen LogP contribution is -2.02. The molecule has 0 heterocycles. The zero-order valence-corrected chi connectivity index (χ0v) is 11.9. The van der Waals surface area contributed by atoms with Crippen molar-refractivity contribution in [2.24, 2.45) is 0 Å². The number of rotatable bonds is 2. The highest BCUT2D eigenvalue weighted by Crippen LogP contribution is 2.31. The molecular weight excluding hydrogens is 372 g/mol. The minimum absolute atomic E-state index is 0.0739. The van der Waals surface area contributed by atoms with Gasteiger partial charge in [-0.3, -0.25) is 0 Å². The number of benzene rings is 2. The zero-order valence-electron chi connectivity index (χ0n) is 8.98. The number of nitrogens with two attached hydrogens (primary N) is 1. The number of hydrogen-bond donors (Lipinski definition) is 2. The molecule has 2 nitrogen and oxygen atoms in total. The van der Waals surface area contributed by atoms with Gasteiger partial charge in [0.1, 0.15) is 5.69 Å². The minimum atomic E-state index is -0.999. The van der Waals surface area contributed by atoms with Crippen molar-refractivity contribution in [2.75, 3.05) is 11.1 Å². The van der Waals surface area contributed by atoms with E-state index < -0.39 is 11.6 Å². The average molecular weight is 381 g/mol. The number of hydrogen-bond acceptors (Lipinski definition) is 2. The summed E-state index contributed by atoms with van der Waals surface area (Å²) < 4.78 is 27.5. The highest BCUT2D eigenvalue weighted by Gasteiger charge is 2.13. The molecule has 3 N–H and O–H groups in total. The number of halogens is 4. The molecule has 0 unspecified atom stereocenters. The van der Waals surface area contributed by atoms with Crippen molar-refractivity contribution in [3.8, 4) is 0 Å². The third-order valence-electron chi connectivity index (χ3n) is 2.32. The molecule has 0 atom stereocenters. The second-order valence-corrected chi connectivity index (χ2v) is 5.17. The van der Waals surface area contributed by atoms with E-state index in [9.17, 15) is 8.78 Å². The molecular formula is C12H8ClF2IN2. The monoisotopic (exact) mass is 380 g/mol. The van der Waals surface area contributed by atoms with Crippen molar-refractivity contribution in [1.82, 2.24) is 0 Å². The molecule has 0 bridgehead atoms. The Kier molecular flexibility index (Phi) is 3.91. The van der Waals surface area contributed by atoms with Crippen LogP contribution in [0.25, 0.3) is 0 Å². The first-order valence-corrected chi connectivity index (χ1v) is 6.40. The molecule has 94 valence electrons. The van der Waals surface area contributed by atoms with Gasteiger partial charge in [-0.05, 0) is 52.9 Å². The molecule has 0 fully saturated rings. The van der Waals surface area contributed by atoms with E-state index in [2.05, 4.69) is 5.32 Å². The third kappa shape index (κ3) is 2.67. The molecule has 0 spiro atoms. The van der Waals surface area contributed by atoms with E-state index in [4.69, 9.17) is 17.3 Å². The van der Waals surface area contributed by atoms with Crippen LogP contribution >= 0.6 is 34.2 Å². The second-order valence-electron chi connectivity index (χ2n) is 3.57. The van der Waals surface area contributed by atoms with Crippen molar-refractivity contribution in [2.45, 2.75) is 0 Å². The lowest BCUT2D eigenvalue weighted by atomic mass is 10.2. The lowest BCUT2D eigenvalue weighted by Gasteiger charge is -2.12. The van der Waals surface area contributed by atoms with Crippen LogP contribution in [0.2, 0.25) is 5.02 Å². The van der Waals surface area contributed by atoms with Gasteiger partial charge in [-0.1, -0.05) is 11.6 Å². The van der Waals surface area contributed by atoms with Crippen molar-refractivity contribution in [1.29, 1.82) is 0 Å². The second kappa shape index (κ2) is 5.27. The van der Waals surface area contributed by atoms with E-state index in [1.54, 1.807) is 18.2 Å². The Labute approximate surface area is 121 Å². The van der Waals surface area contributed by atoms with Gasteiger partial charge < -0.3 is 11.1 Å². The molecule has 0 aliphatic heterocycles. The maximum atomic E-state index is 13.6. The van der Waals surface area contributed by atoms with Gasteiger partial charge in [0.25, 0.3) is 0 Å². The molecule has 0 aliphatic rings. The Hall–Kier alpha value is -1.08. The lowest BCUT2D eigenvalue weighted by molar-refractivity contribution is 0.512. The van der Waals surface area contributed by atoms with Gasteiger partial charge in [0.15, 0.2) is 11.6 Å². The normalized spacial score (nSPS) is 10.4. The summed E-state index contributed by atoms with van der Waals surface area (Å²) in [5.74, 6) is -1.95. The first kappa shape index (κ1) is 13.4. The fourth-order valence-corrected chi connectivity index (χ4v) is 2.42. The van der Waals surface area contributed by atoms with Crippen molar-refractivity contribution in [3.63, 3.8) is 0 Å². The molecule has 18 heavy (non-hydrogen) atoms. The van der Waals surface area contributed by atoms with Gasteiger partial charge in [0, 0.05) is 8.59 Å². The van der Waals surface area contributed by atoms with Crippen LogP contribution in [-0.4, -0.2) is 0 Å². The first-order valence-electron chi connectivity index (χ1n) is 4.94. The average Bonchev–Trinajstić information content (AvgIpc) is 2.32. The summed E-state index contributed by atoms with van der Waals surface area (Å²) in [5, 5.41) is 3.34. The van der Waals surface area contributed by atoms with Gasteiger partial charge >= 0.3 is 0 Å². The topological polar surface area (TPSA) is 38.0 Å². The highest BCUT2D eigenvalue weighted by atomic mass is 127. The Morgan fingerprint density at radius 3 is 2.56 bits per heavy atom. The van der Waals surface area contributed by atoms with E-state index in [0.717, 1.165) is 9.64 Å². The molecule has 0 aromatic heterocycles. The van der Waals surface area contributed by atoms with Gasteiger partial charge in [0.2, 0.25) is 0 Å². The first-order chi connectivity index (χ1) is 8.49. The van der Waals surface area contributed by atoms with E-state index in [0.29, 0.717) is 10.7 Å². The quantitative estimate of drug-likeness (QED) is 0.593. The summed E-state index contributed by atoms with van der Waals surface area (Å²) in [5.41, 5.74) is 6.29. The zero-order chi connectivity index (χ0) is 13.3. The van der Waals surface area contributed by atoms with Crippen molar-refractivity contribution in [3.05, 3.63) is 50.6 Å². The Morgan fingerprint density at radius 2 is 1.89 bits per heavy atom. The summed E-state index contributed by atoms with van der Waals surface area (Å²) in [4.78, 5) is 0. The van der Waals surface area contributed by atoms with Crippen molar-refractivity contribution < 1.29 is 8.78 Å². The predicted molar refractivity (Wildman–Crippen MR) is 78.2 cm³/mol. The van der Waals surface area contributed by atoms with Gasteiger partial charge in [-0.15, -0.1) is 0 Å². The molecule has 0 saturated heterocycles. The summed E-state index contributed by atoms with van der Waals surface area (Å²) >= 11 is 7.86. The molecule has 2 aromatic rings. The third-order valence-corrected chi connectivity index (χ3v) is 3.45. The maximum Gasteiger partial charge on any atom is 0.184 e. The highest BCUT2D eigenvalue weighted by molar-refractivity contribution is 14.1. The molecule has 0 aliphatic carbocycles. The SMILES string of the molecule is Nc1ccc(F)c(F)c1Nc1ccc(Cl)cc1I. The smallest absolute Gasteiger partial charge is 0.184 e. The Bertz CT molecular complexity index is 605. The largest absolute Gasteiger partial charge is 0.397 e. The standard InChI is InChI=1S/C12H8ClF2IN2/c13-6-1-4-10(8(16)5-6)18-12-9(17)3-2-7(14)11(12)15/h1-5,18H,17H2. The van der Waals surface area contributed by atoms with E-state index >= 15 is 0 Å². The van der Waals surface area contributed by atoms with E-state index in [-0.39, 0.29) is 11.4 Å². The summed E-state index contributed by atoms with van der Waals surface area (Å²) in [6.07, 6.45) is 0. The van der Waals surface area contributed by atoms with Crippen molar-refractivity contribution >= 4 is 51.3 Å².